The van der Waals surface area contributed by atoms with Crippen molar-refractivity contribution in [3.8, 4) is 0 Å². The van der Waals surface area contributed by atoms with Gasteiger partial charge in [0.2, 0.25) is 0 Å². The van der Waals surface area contributed by atoms with Gasteiger partial charge in [-0.3, -0.25) is 0 Å². The molecule has 0 saturated carbocycles. The van der Waals surface area contributed by atoms with E-state index >= 15 is 0 Å². The molecule has 3 N–H and O–H groups in total. The van der Waals surface area contributed by atoms with Crippen LogP contribution in [0.25, 0.3) is 0 Å². The number of carbonyl (C=O) groups excluding carboxylic acids is 1. The van der Waals surface area contributed by atoms with Crippen molar-refractivity contribution >= 4 is 28.8 Å². The van der Waals surface area contributed by atoms with Crippen LogP contribution in [0.15, 0.2) is 29.7 Å². The van der Waals surface area contributed by atoms with Crippen LogP contribution < -0.4 is 29.0 Å². The Morgan fingerprint density at radius 2 is 1.96 bits per heavy atom. The number of hydrogen-bond acceptors (Lipinski definition) is 4. The zero-order valence-corrected chi connectivity index (χ0v) is 17.7. The Morgan fingerprint density at radius 3 is 2.57 bits per heavy atom. The first-order valence-electron chi connectivity index (χ1n) is 7.24. The number of rotatable bonds is 4. The number of benzene rings is 1. The van der Waals surface area contributed by atoms with Crippen LogP contribution in [0.3, 0.4) is 0 Å². The topological polar surface area (TPSA) is 73.6 Å². The molecule has 126 valence electrons. The second-order valence-electron chi connectivity index (χ2n) is 6.34. The van der Waals surface area contributed by atoms with E-state index in [0.717, 1.165) is 22.6 Å². The molecule has 2 aliphatic rings. The maximum atomic E-state index is 11.6. The van der Waals surface area contributed by atoms with Crippen LogP contribution in [0.2, 0.25) is 0 Å². The Labute approximate surface area is 160 Å². The standard InChI is InChI=1S/C16H19I2N2O3/c1-8-9(6-5-7-10(8)14(19)21)11-12-13(11)23-16(4,18-20-17)15(2,3)22-12/h5-7,11,20H,1-4H3,(H2,19,21)/q-1. The molecule has 0 bridgehead atoms. The number of halogens is 2. The molecule has 0 radical (unpaired) electrons. The summed E-state index contributed by atoms with van der Waals surface area (Å²) in [6.07, 6.45) is 0. The molecule has 7 heteroatoms. The van der Waals surface area contributed by atoms with E-state index in [1.54, 1.807) is 6.07 Å². The summed E-state index contributed by atoms with van der Waals surface area (Å²) in [4.78, 5) is 11.6. The van der Waals surface area contributed by atoms with Gasteiger partial charge in [-0.1, -0.05) is 0 Å². The van der Waals surface area contributed by atoms with Crippen LogP contribution in [0.4, 0.5) is 0 Å². The van der Waals surface area contributed by atoms with Gasteiger partial charge >= 0.3 is 161 Å². The molecule has 1 amide bonds. The van der Waals surface area contributed by atoms with Gasteiger partial charge in [0.05, 0.1) is 0 Å². The summed E-state index contributed by atoms with van der Waals surface area (Å²) in [7, 11) is 0. The van der Waals surface area contributed by atoms with Gasteiger partial charge in [-0.25, -0.2) is 0 Å². The molecule has 1 heterocycles. The van der Waals surface area contributed by atoms with Crippen molar-refractivity contribution in [3.63, 3.8) is 0 Å². The number of hydrogen-bond donors (Lipinski definition) is 2. The molecule has 0 aromatic heterocycles. The predicted molar refractivity (Wildman–Crippen MR) is 91.3 cm³/mol. The average molecular weight is 541 g/mol. The van der Waals surface area contributed by atoms with Crippen LogP contribution in [-0.4, -0.2) is 15.1 Å². The van der Waals surface area contributed by atoms with E-state index in [4.69, 9.17) is 15.2 Å². The molecule has 1 aromatic rings. The van der Waals surface area contributed by atoms with E-state index < -0.39 is 33.0 Å². The summed E-state index contributed by atoms with van der Waals surface area (Å²) >= 11 is 1.77. The van der Waals surface area contributed by atoms with Crippen LogP contribution >= 0.6 is 22.9 Å². The Hall–Kier alpha value is -0.550. The summed E-state index contributed by atoms with van der Waals surface area (Å²) in [6.45, 7) is 8.14. The van der Waals surface area contributed by atoms with Crippen molar-refractivity contribution in [2.75, 3.05) is 0 Å². The zero-order valence-electron chi connectivity index (χ0n) is 13.4. The first-order valence-corrected chi connectivity index (χ1v) is 10.5. The minimum absolute atomic E-state index is 0.00798. The van der Waals surface area contributed by atoms with Gasteiger partial charge in [0.1, 0.15) is 0 Å². The van der Waals surface area contributed by atoms with Gasteiger partial charge in [-0.2, -0.15) is 0 Å². The van der Waals surface area contributed by atoms with Gasteiger partial charge in [0.25, 0.3) is 0 Å². The Kier molecular flexibility index (Phi) is 4.33. The molecule has 2 unspecified atom stereocenters. The summed E-state index contributed by atoms with van der Waals surface area (Å²) < 4.78 is 15.5. The molecule has 1 aliphatic carbocycles. The van der Waals surface area contributed by atoms with Crippen molar-refractivity contribution in [1.29, 1.82) is 0 Å². The Bertz CT molecular complexity index is 717. The number of allylic oxidation sites excluding steroid dienone is 2. The van der Waals surface area contributed by atoms with Crippen LogP contribution in [-0.2, 0) is 9.47 Å². The van der Waals surface area contributed by atoms with Crippen molar-refractivity contribution in [2.24, 2.45) is 5.73 Å². The number of nitrogens with two attached hydrogens (primary N) is 1. The fourth-order valence-corrected chi connectivity index (χ4v) is 6.92. The van der Waals surface area contributed by atoms with E-state index in [0.29, 0.717) is 5.56 Å². The summed E-state index contributed by atoms with van der Waals surface area (Å²) in [5.41, 5.74) is 7.54. The number of nitrogens with one attached hydrogen (secondary N) is 1. The van der Waals surface area contributed by atoms with E-state index in [9.17, 15) is 4.79 Å². The normalized spacial score (nSPS) is 28.0. The first kappa shape index (κ1) is 17.3. The second kappa shape index (κ2) is 5.76. The Balaban J connectivity index is 1.92. The SMILES string of the molecule is Cc1c(C(N)=O)cccc1C1C2=C1OC(C)([I-]NI)C(C)(C)O2. The third-order valence-corrected chi connectivity index (χ3v) is 8.71. The molecule has 0 fully saturated rings. The molecule has 0 spiro atoms. The molecule has 23 heavy (non-hydrogen) atoms. The maximum absolute atomic E-state index is 11.6. The van der Waals surface area contributed by atoms with Gasteiger partial charge in [-0.15, -0.1) is 0 Å². The second-order valence-corrected chi connectivity index (χ2v) is 12.1. The van der Waals surface area contributed by atoms with Crippen molar-refractivity contribution in [2.45, 2.75) is 42.8 Å². The van der Waals surface area contributed by atoms with Crippen molar-refractivity contribution in [3.05, 3.63) is 46.4 Å². The number of primary amides is 1. The monoisotopic (exact) mass is 541 g/mol. The summed E-state index contributed by atoms with van der Waals surface area (Å²) in [5, 5.41) is 0. The summed E-state index contributed by atoms with van der Waals surface area (Å²) in [5.74, 6) is 1.38. The van der Waals surface area contributed by atoms with Gasteiger partial charge in [0.15, 0.2) is 0 Å². The van der Waals surface area contributed by atoms with Crippen LogP contribution in [0.5, 0.6) is 0 Å². The predicted octanol–water partition coefficient (Wildman–Crippen LogP) is -0.112. The zero-order chi connectivity index (χ0) is 17.0. The number of ether oxygens (including phenoxy) is 2. The number of carbonyl (C=O) groups is 1. The first-order chi connectivity index (χ1) is 10.7. The van der Waals surface area contributed by atoms with Gasteiger partial charge in [0, 0.05) is 0 Å². The fraction of sp³-hybridized carbons (Fsp3) is 0.438. The van der Waals surface area contributed by atoms with E-state index in [1.165, 1.54) is 0 Å². The molecule has 5 nitrogen and oxygen atoms in total. The minimum atomic E-state index is -0.407. The number of alkyl halides is 1. The van der Waals surface area contributed by atoms with Crippen molar-refractivity contribution < 1.29 is 35.7 Å². The molecular weight excluding hydrogens is 522 g/mol. The fourth-order valence-electron chi connectivity index (χ4n) is 2.81. The third-order valence-electron chi connectivity index (χ3n) is 4.59. The van der Waals surface area contributed by atoms with Crippen molar-refractivity contribution in [1.82, 2.24) is 1.74 Å². The van der Waals surface area contributed by atoms with Gasteiger partial charge < -0.3 is 0 Å². The number of amides is 1. The molecule has 2 atom stereocenters. The molecule has 0 saturated heterocycles. The molecule has 3 rings (SSSR count). The van der Waals surface area contributed by atoms with E-state index in [2.05, 4.69) is 45.4 Å². The summed E-state index contributed by atoms with van der Waals surface area (Å²) in [6, 6.07) is 5.62. The Morgan fingerprint density at radius 1 is 1.30 bits per heavy atom. The molecular formula is C16H19I2N2O3-. The average Bonchev–Trinajstić information content (AvgIpc) is 3.09. The molecule has 1 aliphatic heterocycles. The van der Waals surface area contributed by atoms with Gasteiger partial charge in [-0.05, 0) is 0 Å². The van der Waals surface area contributed by atoms with Crippen LogP contribution in [0.1, 0.15) is 48.2 Å². The van der Waals surface area contributed by atoms with E-state index in [-0.39, 0.29) is 9.53 Å². The molecule has 1 aromatic carbocycles. The quantitative estimate of drug-likeness (QED) is 0.317. The van der Waals surface area contributed by atoms with E-state index in [1.807, 2.05) is 19.1 Å². The third kappa shape index (κ3) is 2.74. The van der Waals surface area contributed by atoms with Crippen LogP contribution in [0, 0.1) is 6.92 Å².